The molecule has 0 radical (unpaired) electrons. The van der Waals surface area contributed by atoms with E-state index < -0.39 is 61.8 Å². The maximum Gasteiger partial charge on any atom is 0.460 e. The Kier molecular flexibility index (Phi) is 15.4. The fraction of sp³-hybridized carbons (Fsp3) is 0.667. The zero-order chi connectivity index (χ0) is 39.7. The van der Waals surface area contributed by atoms with E-state index in [0.717, 1.165) is 31.2 Å². The van der Waals surface area contributed by atoms with Gasteiger partial charge in [-0.15, -0.1) is 0 Å². The summed E-state index contributed by atoms with van der Waals surface area (Å²) in [5.41, 5.74) is 1.51. The fourth-order valence-electron chi connectivity index (χ4n) is 4.08. The molecule has 6 nitrogen and oxygen atoms in total. The van der Waals surface area contributed by atoms with Crippen LogP contribution in [0.2, 0.25) is 0 Å². The molecule has 52 heavy (non-hydrogen) atoms. The van der Waals surface area contributed by atoms with Crippen LogP contribution in [0.4, 0.5) is 70.2 Å². The van der Waals surface area contributed by atoms with E-state index in [9.17, 15) is 70.2 Å². The molecule has 0 N–H and O–H groups in total. The van der Waals surface area contributed by atoms with Crippen molar-refractivity contribution in [2.75, 3.05) is 19.8 Å². The molecule has 2 aromatic rings. The van der Waals surface area contributed by atoms with E-state index >= 15 is 0 Å². The Bertz CT molecular complexity index is 1360. The van der Waals surface area contributed by atoms with E-state index in [1.54, 1.807) is 41.4 Å². The van der Waals surface area contributed by atoms with Crippen molar-refractivity contribution in [2.24, 2.45) is 0 Å². The topological polar surface area (TPSA) is 62.7 Å². The highest BCUT2D eigenvalue weighted by Gasteiger charge is 2.85. The standard InChI is InChI=1S/C30H32F16N2O4/c1-2-3-4-7-14-50-22-15-47-23(48-16-22)20-12-10-19(11-13-20)8-5-6-9-21(31)17-49-18-24(32,33)51-29(43,44)30(45,46)52-28(41,42)26(36,37)25(34,35)27(38,39)40/h10-13,15-16,21H,2-9,14,17-18H2,1H3/t21-/m0/s1. The zero-order valence-corrected chi connectivity index (χ0v) is 26.9. The molecule has 0 aliphatic carbocycles. The van der Waals surface area contributed by atoms with Crippen molar-refractivity contribution in [1.82, 2.24) is 9.97 Å². The lowest BCUT2D eigenvalue weighted by molar-refractivity contribution is -0.543. The minimum atomic E-state index is -7.95. The lowest BCUT2D eigenvalue weighted by Gasteiger charge is -2.36. The predicted octanol–water partition coefficient (Wildman–Crippen LogP) is 10.4. The van der Waals surface area contributed by atoms with Gasteiger partial charge in [-0.2, -0.15) is 65.9 Å². The van der Waals surface area contributed by atoms with Crippen molar-refractivity contribution in [1.29, 1.82) is 0 Å². The van der Waals surface area contributed by atoms with Gasteiger partial charge in [0.25, 0.3) is 0 Å². The second-order valence-corrected chi connectivity index (χ2v) is 11.2. The van der Waals surface area contributed by atoms with E-state index in [2.05, 4.69) is 26.4 Å². The second kappa shape index (κ2) is 17.8. The van der Waals surface area contributed by atoms with E-state index in [1.807, 2.05) is 0 Å². The maximum absolute atomic E-state index is 14.1. The number of halogens is 16. The van der Waals surface area contributed by atoms with Gasteiger partial charge in [0.05, 0.1) is 25.6 Å². The highest BCUT2D eigenvalue weighted by Crippen LogP contribution is 2.56. The molecule has 0 amide bonds. The van der Waals surface area contributed by atoms with E-state index in [-0.39, 0.29) is 12.8 Å². The smallest absolute Gasteiger partial charge is 0.460 e. The molecule has 0 aliphatic rings. The minimum Gasteiger partial charge on any atom is -0.490 e. The van der Waals surface area contributed by atoms with Gasteiger partial charge in [-0.25, -0.2) is 23.8 Å². The Morgan fingerprint density at radius 3 is 1.79 bits per heavy atom. The molecule has 2 rings (SSSR count). The molecule has 1 atom stereocenters. The number of nitrogens with zero attached hydrogens (tertiary/aromatic N) is 2. The van der Waals surface area contributed by atoms with Gasteiger partial charge in [0.2, 0.25) is 0 Å². The van der Waals surface area contributed by atoms with Crippen LogP contribution in [0.1, 0.15) is 57.4 Å². The van der Waals surface area contributed by atoms with Gasteiger partial charge in [-0.1, -0.05) is 56.9 Å². The number of ether oxygens (including phenoxy) is 4. The maximum atomic E-state index is 14.1. The Hall–Kier alpha value is -3.14. The Morgan fingerprint density at radius 1 is 0.654 bits per heavy atom. The van der Waals surface area contributed by atoms with Crippen LogP contribution in [0, 0.1) is 0 Å². The number of unbranched alkanes of at least 4 members (excludes halogenated alkanes) is 4. The number of alkyl halides is 16. The molecule has 0 saturated heterocycles. The zero-order valence-electron chi connectivity index (χ0n) is 26.9. The molecule has 1 aromatic carbocycles. The van der Waals surface area contributed by atoms with Crippen LogP contribution in [-0.2, 0) is 20.6 Å². The number of hydrogen-bond acceptors (Lipinski definition) is 6. The molecule has 0 spiro atoms. The SMILES string of the molecule is CCCCCCOc1cnc(-c2ccc(CCCC[C@H](F)COCC(F)(F)OC(F)(F)C(F)(F)OC(F)(F)C(F)(F)C(F)(F)C(F)(F)F)cc2)nc1. The van der Waals surface area contributed by atoms with Crippen molar-refractivity contribution in [3.63, 3.8) is 0 Å². The Morgan fingerprint density at radius 2 is 1.23 bits per heavy atom. The van der Waals surface area contributed by atoms with Crippen molar-refractivity contribution in [3.05, 3.63) is 42.2 Å². The van der Waals surface area contributed by atoms with Crippen LogP contribution in [0.5, 0.6) is 5.75 Å². The van der Waals surface area contributed by atoms with Crippen molar-refractivity contribution in [2.45, 2.75) is 107 Å². The molecular weight excluding hydrogens is 756 g/mol. The third-order valence-corrected chi connectivity index (χ3v) is 6.90. The molecule has 298 valence electrons. The first-order valence-electron chi connectivity index (χ1n) is 15.3. The average molecular weight is 789 g/mol. The van der Waals surface area contributed by atoms with Gasteiger partial charge in [-0.3, -0.25) is 0 Å². The first-order valence-corrected chi connectivity index (χ1v) is 15.3. The summed E-state index contributed by atoms with van der Waals surface area (Å²) < 4.78 is 224. The lowest BCUT2D eigenvalue weighted by Crippen LogP contribution is -2.64. The summed E-state index contributed by atoms with van der Waals surface area (Å²) in [6, 6.07) is 6.99. The Labute approximate surface area is 285 Å². The summed E-state index contributed by atoms with van der Waals surface area (Å²) in [6.45, 7) is -1.07. The van der Waals surface area contributed by atoms with Gasteiger partial charge < -0.3 is 9.47 Å². The fourth-order valence-corrected chi connectivity index (χ4v) is 4.08. The van der Waals surface area contributed by atoms with Crippen LogP contribution in [-0.4, -0.2) is 78.4 Å². The van der Waals surface area contributed by atoms with Crippen LogP contribution in [0.25, 0.3) is 11.4 Å². The molecule has 1 aromatic heterocycles. The average Bonchev–Trinajstić information content (AvgIpc) is 3.02. The quantitative estimate of drug-likeness (QED) is 0.0826. The molecule has 1 heterocycles. The van der Waals surface area contributed by atoms with Crippen LogP contribution in [0.15, 0.2) is 36.7 Å². The molecule has 0 unspecified atom stereocenters. The lowest BCUT2D eigenvalue weighted by atomic mass is 10.0. The van der Waals surface area contributed by atoms with E-state index in [0.29, 0.717) is 36.6 Å². The summed E-state index contributed by atoms with van der Waals surface area (Å²) in [5, 5.41) is 0. The summed E-state index contributed by atoms with van der Waals surface area (Å²) in [5.74, 6) is -14.8. The molecule has 0 saturated carbocycles. The summed E-state index contributed by atoms with van der Waals surface area (Å²) in [7, 11) is 0. The third-order valence-electron chi connectivity index (χ3n) is 6.90. The van der Waals surface area contributed by atoms with Crippen LogP contribution >= 0.6 is 0 Å². The van der Waals surface area contributed by atoms with E-state index in [4.69, 9.17) is 4.74 Å². The highest BCUT2D eigenvalue weighted by atomic mass is 19.4. The summed E-state index contributed by atoms with van der Waals surface area (Å²) in [4.78, 5) is 8.53. The molecule has 0 bridgehead atoms. The first kappa shape index (κ1) is 45.0. The van der Waals surface area contributed by atoms with Gasteiger partial charge in [0, 0.05) is 5.56 Å². The van der Waals surface area contributed by atoms with Crippen LogP contribution in [0.3, 0.4) is 0 Å². The highest BCUT2D eigenvalue weighted by molar-refractivity contribution is 5.55. The molecule has 0 fully saturated rings. The normalized spacial score (nSPS) is 14.5. The van der Waals surface area contributed by atoms with E-state index in [1.165, 1.54) is 0 Å². The van der Waals surface area contributed by atoms with Gasteiger partial charge >= 0.3 is 42.5 Å². The summed E-state index contributed by atoms with van der Waals surface area (Å²) >= 11 is 0. The molecule has 22 heteroatoms. The first-order chi connectivity index (χ1) is 23.8. The van der Waals surface area contributed by atoms with Crippen LogP contribution < -0.4 is 4.74 Å². The number of hydrogen-bond donors (Lipinski definition) is 0. The molecular formula is C30H32F16N2O4. The molecule has 0 aliphatic heterocycles. The van der Waals surface area contributed by atoms with Gasteiger partial charge in [-0.05, 0) is 31.2 Å². The largest absolute Gasteiger partial charge is 0.490 e. The van der Waals surface area contributed by atoms with Crippen molar-refractivity contribution >= 4 is 0 Å². The number of benzene rings is 1. The number of aryl methyl sites for hydroxylation is 1. The van der Waals surface area contributed by atoms with Crippen molar-refractivity contribution in [3.8, 4) is 17.1 Å². The third kappa shape index (κ3) is 12.2. The number of aromatic nitrogens is 2. The minimum absolute atomic E-state index is 0.135. The monoisotopic (exact) mass is 788 g/mol. The predicted molar refractivity (Wildman–Crippen MR) is 148 cm³/mol. The number of rotatable bonds is 23. The Balaban J connectivity index is 1.79. The van der Waals surface area contributed by atoms with Gasteiger partial charge in [0.1, 0.15) is 12.8 Å². The summed E-state index contributed by atoms with van der Waals surface area (Å²) in [6.07, 6.45) is -29.5. The van der Waals surface area contributed by atoms with Crippen molar-refractivity contribution < 1.29 is 89.2 Å². The second-order valence-electron chi connectivity index (χ2n) is 11.2. The van der Waals surface area contributed by atoms with Gasteiger partial charge in [0.15, 0.2) is 11.6 Å².